The summed E-state index contributed by atoms with van der Waals surface area (Å²) in [5.41, 5.74) is 2.16. The minimum atomic E-state index is 0.0672. The highest BCUT2D eigenvalue weighted by molar-refractivity contribution is 6.01. The molecule has 96 valence electrons. The molecule has 1 aliphatic carbocycles. The van der Waals surface area contributed by atoms with E-state index < -0.39 is 0 Å². The van der Waals surface area contributed by atoms with Crippen LogP contribution in [-0.2, 0) is 11.2 Å². The fraction of sp³-hybridized carbons (Fsp3) is 0.533. The molecule has 18 heavy (non-hydrogen) atoms. The number of rotatable bonds is 1. The van der Waals surface area contributed by atoms with Gasteiger partial charge in [0.25, 0.3) is 0 Å². The smallest absolute Gasteiger partial charge is 0.180 e. The first kappa shape index (κ1) is 11.9. The number of hydrogen-bond donors (Lipinski definition) is 0. The second-order valence-corrected chi connectivity index (χ2v) is 5.08. The van der Waals surface area contributed by atoms with Crippen LogP contribution >= 0.6 is 0 Å². The van der Waals surface area contributed by atoms with Gasteiger partial charge in [0.05, 0.1) is 19.3 Å². The summed E-state index contributed by atoms with van der Waals surface area (Å²) in [5, 5.41) is 0. The van der Waals surface area contributed by atoms with Crippen LogP contribution in [0.1, 0.15) is 28.8 Å². The van der Waals surface area contributed by atoms with E-state index in [2.05, 4.69) is 11.0 Å². The molecule has 1 fully saturated rings. The number of aryl methyl sites for hydroxylation is 1. The van der Waals surface area contributed by atoms with Crippen molar-refractivity contribution in [3.8, 4) is 0 Å². The van der Waals surface area contributed by atoms with Gasteiger partial charge in [0.1, 0.15) is 0 Å². The van der Waals surface area contributed by atoms with E-state index in [-0.39, 0.29) is 6.04 Å². The largest absolute Gasteiger partial charge is 0.379 e. The lowest BCUT2D eigenvalue weighted by molar-refractivity contribution is 0.0162. The number of Topliss-reactive ketones (excluding diaryl/α,β-unsaturated/α-hetero) is 1. The highest BCUT2D eigenvalue weighted by atomic mass is 16.5. The van der Waals surface area contributed by atoms with Gasteiger partial charge >= 0.3 is 0 Å². The molecule has 1 aromatic rings. The maximum absolute atomic E-state index is 12.7. The molecular weight excluding hydrogens is 226 g/mol. The summed E-state index contributed by atoms with van der Waals surface area (Å²) in [5.74, 6) is 0.310. The van der Waals surface area contributed by atoms with Crippen molar-refractivity contribution in [2.24, 2.45) is 0 Å². The topological polar surface area (TPSA) is 29.5 Å². The van der Waals surface area contributed by atoms with E-state index in [4.69, 9.17) is 4.74 Å². The Morgan fingerprint density at radius 3 is 2.78 bits per heavy atom. The lowest BCUT2D eigenvalue weighted by Crippen LogP contribution is -2.47. The van der Waals surface area contributed by atoms with Gasteiger partial charge in [-0.2, -0.15) is 0 Å². The fourth-order valence-corrected chi connectivity index (χ4v) is 3.01. The van der Waals surface area contributed by atoms with E-state index in [0.29, 0.717) is 5.78 Å². The summed E-state index contributed by atoms with van der Waals surface area (Å²) in [4.78, 5) is 15.0. The van der Waals surface area contributed by atoms with Gasteiger partial charge < -0.3 is 4.74 Å². The Bertz CT molecular complexity index is 438. The molecule has 1 atom stereocenters. The number of ketones is 1. The van der Waals surface area contributed by atoms with Gasteiger partial charge in [0, 0.05) is 18.7 Å². The molecule has 1 saturated heterocycles. The zero-order valence-electron chi connectivity index (χ0n) is 10.6. The van der Waals surface area contributed by atoms with E-state index in [9.17, 15) is 4.79 Å². The molecule has 0 saturated carbocycles. The van der Waals surface area contributed by atoms with Crippen LogP contribution in [-0.4, -0.2) is 43.0 Å². The first-order valence-electron chi connectivity index (χ1n) is 6.80. The fourth-order valence-electron chi connectivity index (χ4n) is 3.01. The van der Waals surface area contributed by atoms with Crippen LogP contribution in [0.3, 0.4) is 0 Å². The molecule has 0 spiro atoms. The molecule has 0 aromatic heterocycles. The van der Waals surface area contributed by atoms with E-state index in [1.807, 2.05) is 18.2 Å². The predicted molar refractivity (Wildman–Crippen MR) is 69.9 cm³/mol. The zero-order chi connectivity index (χ0) is 12.4. The van der Waals surface area contributed by atoms with Gasteiger partial charge in [-0.05, 0) is 24.8 Å². The Hall–Kier alpha value is -1.19. The van der Waals surface area contributed by atoms with Crippen molar-refractivity contribution in [3.05, 3.63) is 35.4 Å². The van der Waals surface area contributed by atoms with Gasteiger partial charge in [-0.25, -0.2) is 0 Å². The van der Waals surface area contributed by atoms with Gasteiger partial charge in [-0.15, -0.1) is 0 Å². The predicted octanol–water partition coefficient (Wildman–Crippen LogP) is 1.91. The molecule has 3 rings (SSSR count). The van der Waals surface area contributed by atoms with E-state index in [0.717, 1.165) is 51.1 Å². The molecule has 1 heterocycles. The molecule has 3 nitrogen and oxygen atoms in total. The van der Waals surface area contributed by atoms with Gasteiger partial charge in [-0.1, -0.05) is 24.3 Å². The molecule has 2 aliphatic rings. The molecule has 0 bridgehead atoms. The molecule has 1 aliphatic heterocycles. The van der Waals surface area contributed by atoms with Crippen LogP contribution in [0.2, 0.25) is 0 Å². The van der Waals surface area contributed by atoms with Crippen molar-refractivity contribution in [1.82, 2.24) is 4.90 Å². The van der Waals surface area contributed by atoms with E-state index >= 15 is 0 Å². The van der Waals surface area contributed by atoms with Crippen LogP contribution in [0.4, 0.5) is 0 Å². The summed E-state index contributed by atoms with van der Waals surface area (Å²) in [6.07, 6.45) is 3.11. The summed E-state index contributed by atoms with van der Waals surface area (Å²) in [6, 6.07) is 8.14. The third kappa shape index (κ3) is 2.20. The number of hydrogen-bond acceptors (Lipinski definition) is 3. The quantitative estimate of drug-likeness (QED) is 0.708. The Morgan fingerprint density at radius 2 is 1.94 bits per heavy atom. The second-order valence-electron chi connectivity index (χ2n) is 5.08. The minimum Gasteiger partial charge on any atom is -0.379 e. The zero-order valence-corrected chi connectivity index (χ0v) is 10.6. The number of nitrogens with zero attached hydrogens (tertiary/aromatic N) is 1. The van der Waals surface area contributed by atoms with Crippen LogP contribution < -0.4 is 0 Å². The first-order valence-corrected chi connectivity index (χ1v) is 6.80. The average molecular weight is 245 g/mol. The molecule has 1 unspecified atom stereocenters. The van der Waals surface area contributed by atoms with Gasteiger partial charge in [-0.3, -0.25) is 9.69 Å². The third-order valence-corrected chi connectivity index (χ3v) is 4.00. The van der Waals surface area contributed by atoms with Gasteiger partial charge in [0.15, 0.2) is 5.78 Å². The molecule has 0 amide bonds. The summed E-state index contributed by atoms with van der Waals surface area (Å²) in [7, 11) is 0. The first-order chi connectivity index (χ1) is 8.86. The number of carbonyl (C=O) groups excluding carboxylic acids is 1. The van der Waals surface area contributed by atoms with Crippen molar-refractivity contribution in [1.29, 1.82) is 0 Å². The highest BCUT2D eigenvalue weighted by Crippen LogP contribution is 2.24. The second kappa shape index (κ2) is 5.21. The van der Waals surface area contributed by atoms with Crippen LogP contribution in [0.25, 0.3) is 0 Å². The Labute approximate surface area is 108 Å². The van der Waals surface area contributed by atoms with Crippen molar-refractivity contribution in [2.75, 3.05) is 26.3 Å². The van der Waals surface area contributed by atoms with Gasteiger partial charge in [0.2, 0.25) is 0 Å². The van der Waals surface area contributed by atoms with Crippen LogP contribution in [0.5, 0.6) is 0 Å². The van der Waals surface area contributed by atoms with Crippen molar-refractivity contribution >= 4 is 5.78 Å². The molecular formula is C15H19NO2. The molecule has 3 heteroatoms. The maximum Gasteiger partial charge on any atom is 0.180 e. The Balaban J connectivity index is 1.86. The number of ether oxygens (including phenoxy) is 1. The number of fused-ring (bicyclic) bond motifs is 1. The van der Waals surface area contributed by atoms with E-state index in [1.54, 1.807) is 0 Å². The maximum atomic E-state index is 12.7. The molecule has 0 N–H and O–H groups in total. The Kier molecular flexibility index (Phi) is 3.43. The SMILES string of the molecule is O=C1c2ccccc2CCCC1N1CCOCC1. The number of benzene rings is 1. The normalized spacial score (nSPS) is 25.6. The third-order valence-electron chi connectivity index (χ3n) is 4.00. The number of carbonyl (C=O) groups is 1. The lowest BCUT2D eigenvalue weighted by Gasteiger charge is -2.33. The summed E-state index contributed by atoms with van der Waals surface area (Å²) >= 11 is 0. The van der Waals surface area contributed by atoms with Crippen LogP contribution in [0.15, 0.2) is 24.3 Å². The number of morpholine rings is 1. The average Bonchev–Trinajstić information content (AvgIpc) is 2.60. The monoisotopic (exact) mass is 245 g/mol. The standard InChI is InChI=1S/C15H19NO2/c17-15-13-6-2-1-4-12(13)5-3-7-14(15)16-8-10-18-11-9-16/h1-2,4,6,14H,3,5,7-11H2. The minimum absolute atomic E-state index is 0.0672. The highest BCUT2D eigenvalue weighted by Gasteiger charge is 2.30. The summed E-state index contributed by atoms with van der Waals surface area (Å²) in [6.45, 7) is 3.29. The van der Waals surface area contributed by atoms with E-state index in [1.165, 1.54) is 5.56 Å². The molecule has 0 radical (unpaired) electrons. The molecule has 1 aromatic carbocycles. The van der Waals surface area contributed by atoms with Crippen molar-refractivity contribution in [3.63, 3.8) is 0 Å². The lowest BCUT2D eigenvalue weighted by atomic mass is 9.99. The van der Waals surface area contributed by atoms with Crippen molar-refractivity contribution in [2.45, 2.75) is 25.3 Å². The Morgan fingerprint density at radius 1 is 1.17 bits per heavy atom. The van der Waals surface area contributed by atoms with Crippen LogP contribution in [0, 0.1) is 0 Å². The van der Waals surface area contributed by atoms with Crippen molar-refractivity contribution < 1.29 is 9.53 Å². The summed E-state index contributed by atoms with van der Waals surface area (Å²) < 4.78 is 5.37.